The summed E-state index contributed by atoms with van der Waals surface area (Å²) in [4.78, 5) is 0. The van der Waals surface area contributed by atoms with Crippen molar-refractivity contribution in [3.8, 4) is 0 Å². The van der Waals surface area contributed by atoms with E-state index in [4.69, 9.17) is 0 Å². The van der Waals surface area contributed by atoms with Crippen molar-refractivity contribution in [3.63, 3.8) is 0 Å². The molecular formula is C15H25FO. The minimum absolute atomic E-state index is 0.262. The van der Waals surface area contributed by atoms with Gasteiger partial charge in [-0.05, 0) is 24.1 Å². The van der Waals surface area contributed by atoms with Crippen molar-refractivity contribution < 1.29 is 9.50 Å². The Kier molecular flexibility index (Phi) is 13.8. The smallest absolute Gasteiger partial charge is 0.123 e. The second kappa shape index (κ2) is 12.9. The molecule has 2 heteroatoms. The highest BCUT2D eigenvalue weighted by Crippen LogP contribution is 2.17. The van der Waals surface area contributed by atoms with E-state index in [1.165, 1.54) is 18.6 Å². The van der Waals surface area contributed by atoms with Crippen molar-refractivity contribution in [3.05, 3.63) is 48.8 Å². The molecule has 0 aromatic heterocycles. The second-order valence-corrected chi connectivity index (χ2v) is 3.56. The maximum atomic E-state index is 12.5. The molecule has 1 atom stereocenters. The highest BCUT2D eigenvalue weighted by atomic mass is 19.1. The lowest BCUT2D eigenvalue weighted by Gasteiger charge is -2.08. The quantitative estimate of drug-likeness (QED) is 0.747. The van der Waals surface area contributed by atoms with Gasteiger partial charge in [-0.3, -0.25) is 0 Å². The van der Waals surface area contributed by atoms with Gasteiger partial charge in [-0.25, -0.2) is 4.39 Å². The normalized spacial score (nSPS) is 10.4. The van der Waals surface area contributed by atoms with Crippen LogP contribution in [0.5, 0.6) is 0 Å². The van der Waals surface area contributed by atoms with Crippen molar-refractivity contribution >= 4 is 0 Å². The fraction of sp³-hybridized carbons (Fsp3) is 0.467. The standard InChI is InChI=1S/C10H13FO.C3H8.C2H4/c1-2-3-10(12)8-4-6-9(11)7-5-8;1-3-2;1-2/h4-7,10,12H,2-3H2,1H3;3H2,1-2H3;1-2H2/t10-;;/m0../s1. The summed E-state index contributed by atoms with van der Waals surface area (Å²) < 4.78 is 12.5. The highest BCUT2D eigenvalue weighted by Gasteiger charge is 2.04. The third kappa shape index (κ3) is 9.76. The van der Waals surface area contributed by atoms with Gasteiger partial charge in [0, 0.05) is 0 Å². The van der Waals surface area contributed by atoms with Crippen LogP contribution in [0.1, 0.15) is 51.7 Å². The Morgan fingerprint density at radius 3 is 1.88 bits per heavy atom. The van der Waals surface area contributed by atoms with E-state index in [-0.39, 0.29) is 5.82 Å². The molecule has 98 valence electrons. The zero-order valence-electron chi connectivity index (χ0n) is 11.2. The number of rotatable bonds is 3. The molecule has 0 saturated carbocycles. The first-order chi connectivity index (χ1) is 8.15. The number of aliphatic hydroxyl groups excluding tert-OH is 1. The highest BCUT2D eigenvalue weighted by molar-refractivity contribution is 5.18. The molecule has 0 aliphatic rings. The van der Waals surface area contributed by atoms with Gasteiger partial charge in [0.05, 0.1) is 6.10 Å². The van der Waals surface area contributed by atoms with Gasteiger partial charge in [-0.1, -0.05) is 45.7 Å². The van der Waals surface area contributed by atoms with Crippen LogP contribution in [0.2, 0.25) is 0 Å². The summed E-state index contributed by atoms with van der Waals surface area (Å²) in [6.07, 6.45) is 2.46. The molecule has 0 heterocycles. The van der Waals surface area contributed by atoms with Gasteiger partial charge < -0.3 is 5.11 Å². The van der Waals surface area contributed by atoms with Gasteiger partial charge >= 0.3 is 0 Å². The van der Waals surface area contributed by atoms with Gasteiger partial charge in [0.1, 0.15) is 5.82 Å². The van der Waals surface area contributed by atoms with Gasteiger partial charge in [0.25, 0.3) is 0 Å². The fourth-order valence-electron chi connectivity index (χ4n) is 1.13. The third-order valence-electron chi connectivity index (χ3n) is 1.82. The Balaban J connectivity index is 0. The third-order valence-corrected chi connectivity index (χ3v) is 1.82. The van der Waals surface area contributed by atoms with E-state index in [1.54, 1.807) is 12.1 Å². The van der Waals surface area contributed by atoms with Crippen LogP contribution in [0.15, 0.2) is 37.4 Å². The molecule has 0 saturated heterocycles. The van der Waals surface area contributed by atoms with Crippen LogP contribution in [0.3, 0.4) is 0 Å². The van der Waals surface area contributed by atoms with E-state index >= 15 is 0 Å². The van der Waals surface area contributed by atoms with E-state index in [2.05, 4.69) is 27.0 Å². The summed E-state index contributed by atoms with van der Waals surface area (Å²) >= 11 is 0. The Morgan fingerprint density at radius 2 is 1.53 bits per heavy atom. The molecule has 17 heavy (non-hydrogen) atoms. The van der Waals surface area contributed by atoms with Crippen LogP contribution in [0.4, 0.5) is 4.39 Å². The number of benzene rings is 1. The molecule has 1 nitrogen and oxygen atoms in total. The van der Waals surface area contributed by atoms with E-state index in [9.17, 15) is 9.50 Å². The molecule has 0 aliphatic carbocycles. The van der Waals surface area contributed by atoms with Crippen LogP contribution in [0.25, 0.3) is 0 Å². The maximum Gasteiger partial charge on any atom is 0.123 e. The average molecular weight is 240 g/mol. The van der Waals surface area contributed by atoms with E-state index < -0.39 is 6.10 Å². The number of hydrogen-bond donors (Lipinski definition) is 1. The van der Waals surface area contributed by atoms with Crippen LogP contribution in [-0.4, -0.2) is 5.11 Å². The molecule has 0 radical (unpaired) electrons. The van der Waals surface area contributed by atoms with Crippen molar-refractivity contribution in [2.75, 3.05) is 0 Å². The summed E-state index contributed by atoms with van der Waals surface area (Å²) in [5.41, 5.74) is 0.790. The largest absolute Gasteiger partial charge is 0.388 e. The molecule has 0 spiro atoms. The molecule has 1 aromatic rings. The molecule has 0 bridgehead atoms. The van der Waals surface area contributed by atoms with Crippen LogP contribution in [-0.2, 0) is 0 Å². The van der Waals surface area contributed by atoms with Crippen LogP contribution >= 0.6 is 0 Å². The molecule has 1 N–H and O–H groups in total. The Morgan fingerprint density at radius 1 is 1.12 bits per heavy atom. The summed E-state index contributed by atoms with van der Waals surface area (Å²) in [6, 6.07) is 5.98. The predicted molar refractivity (Wildman–Crippen MR) is 73.5 cm³/mol. The van der Waals surface area contributed by atoms with Gasteiger partial charge in [-0.15, -0.1) is 13.2 Å². The summed E-state index contributed by atoms with van der Waals surface area (Å²) in [5.74, 6) is -0.262. The minimum Gasteiger partial charge on any atom is -0.388 e. The fourth-order valence-corrected chi connectivity index (χ4v) is 1.13. The number of hydrogen-bond acceptors (Lipinski definition) is 1. The first kappa shape index (κ1) is 18.2. The average Bonchev–Trinajstić information content (AvgIpc) is 2.34. The second-order valence-electron chi connectivity index (χ2n) is 3.56. The lowest BCUT2D eigenvalue weighted by atomic mass is 10.1. The lowest BCUT2D eigenvalue weighted by molar-refractivity contribution is 0.166. The lowest BCUT2D eigenvalue weighted by Crippen LogP contribution is -1.95. The minimum atomic E-state index is -0.449. The monoisotopic (exact) mass is 240 g/mol. The first-order valence-electron chi connectivity index (χ1n) is 6.09. The summed E-state index contributed by atoms with van der Waals surface area (Å²) in [6.45, 7) is 12.3. The zero-order valence-corrected chi connectivity index (χ0v) is 11.2. The molecule has 0 aliphatic heterocycles. The Labute approximate surface area is 105 Å². The SMILES string of the molecule is C=C.CCC.CCC[C@H](O)c1ccc(F)cc1. The topological polar surface area (TPSA) is 20.2 Å². The number of aliphatic hydroxyl groups is 1. The summed E-state index contributed by atoms with van der Waals surface area (Å²) in [7, 11) is 0. The van der Waals surface area contributed by atoms with E-state index in [1.807, 2.05) is 6.92 Å². The molecule has 1 rings (SSSR count). The Hall–Kier alpha value is -1.15. The van der Waals surface area contributed by atoms with Crippen LogP contribution < -0.4 is 0 Å². The van der Waals surface area contributed by atoms with Gasteiger partial charge in [0.15, 0.2) is 0 Å². The number of halogens is 1. The van der Waals surface area contributed by atoms with Crippen LogP contribution in [0, 0.1) is 5.82 Å². The zero-order chi connectivity index (χ0) is 13.7. The Bertz CT molecular complexity index is 256. The van der Waals surface area contributed by atoms with Gasteiger partial charge in [-0.2, -0.15) is 0 Å². The first-order valence-corrected chi connectivity index (χ1v) is 6.09. The van der Waals surface area contributed by atoms with Crippen molar-refractivity contribution in [2.45, 2.75) is 46.1 Å². The molecular weight excluding hydrogens is 215 g/mol. The maximum absolute atomic E-state index is 12.5. The van der Waals surface area contributed by atoms with E-state index in [0.29, 0.717) is 0 Å². The van der Waals surface area contributed by atoms with Crippen molar-refractivity contribution in [1.29, 1.82) is 0 Å². The molecule has 0 amide bonds. The van der Waals surface area contributed by atoms with Crippen molar-refractivity contribution in [1.82, 2.24) is 0 Å². The van der Waals surface area contributed by atoms with Crippen molar-refractivity contribution in [2.24, 2.45) is 0 Å². The van der Waals surface area contributed by atoms with E-state index in [0.717, 1.165) is 18.4 Å². The summed E-state index contributed by atoms with van der Waals surface area (Å²) in [5, 5.41) is 9.49. The molecule has 0 unspecified atom stereocenters. The van der Waals surface area contributed by atoms with Gasteiger partial charge in [0.2, 0.25) is 0 Å². The predicted octanol–water partition coefficient (Wildman–Crippen LogP) is 4.88. The molecule has 1 aromatic carbocycles. The molecule has 0 fully saturated rings.